The third-order valence-corrected chi connectivity index (χ3v) is 2.84. The maximum atomic E-state index is 5.13. The summed E-state index contributed by atoms with van der Waals surface area (Å²) in [5, 5.41) is 3.29. The number of ether oxygens (including phenoxy) is 1. The van der Waals surface area contributed by atoms with Gasteiger partial charge in [0.1, 0.15) is 5.75 Å². The zero-order valence-electron chi connectivity index (χ0n) is 10.3. The van der Waals surface area contributed by atoms with Crippen LogP contribution < -0.4 is 10.1 Å². The van der Waals surface area contributed by atoms with Crippen molar-refractivity contribution >= 4 is 5.70 Å². The largest absolute Gasteiger partial charge is 0.497 e. The summed E-state index contributed by atoms with van der Waals surface area (Å²) in [7, 11) is 1.67. The zero-order chi connectivity index (χ0) is 11.5. The second-order valence-electron chi connectivity index (χ2n) is 4.04. The molecule has 3 heteroatoms. The minimum absolute atomic E-state index is 0. The average Bonchev–Trinajstić information content (AvgIpc) is 2.33. The van der Waals surface area contributed by atoms with E-state index >= 15 is 0 Å². The Morgan fingerprint density at radius 3 is 2.53 bits per heavy atom. The minimum Gasteiger partial charge on any atom is -0.497 e. The van der Waals surface area contributed by atoms with Crippen molar-refractivity contribution in [1.82, 2.24) is 5.32 Å². The van der Waals surface area contributed by atoms with Crippen molar-refractivity contribution in [1.29, 1.82) is 0 Å². The van der Waals surface area contributed by atoms with Crippen molar-refractivity contribution in [2.24, 2.45) is 5.92 Å². The molecule has 1 N–H and O–H groups in total. The van der Waals surface area contributed by atoms with E-state index in [4.69, 9.17) is 4.74 Å². The van der Waals surface area contributed by atoms with E-state index < -0.39 is 0 Å². The van der Waals surface area contributed by atoms with Crippen LogP contribution >= 0.6 is 0 Å². The fourth-order valence-electron chi connectivity index (χ4n) is 1.64. The molecule has 1 aliphatic rings. The van der Waals surface area contributed by atoms with Crippen LogP contribution in [-0.2, 0) is 32.7 Å². The first kappa shape index (κ1) is 14.5. The molecule has 1 aromatic rings. The van der Waals surface area contributed by atoms with Gasteiger partial charge >= 0.3 is 0 Å². The quantitative estimate of drug-likeness (QED) is 0.848. The number of benzene rings is 1. The van der Waals surface area contributed by atoms with E-state index in [-0.39, 0.29) is 32.7 Å². The number of hydrogen-bond donors (Lipinski definition) is 1. The molecule has 0 aliphatic carbocycles. The molecular weight excluding hydrogens is 287 g/mol. The Morgan fingerprint density at radius 2 is 2.00 bits per heavy atom. The number of methoxy groups -OCH3 is 1. The van der Waals surface area contributed by atoms with E-state index in [1.807, 2.05) is 24.3 Å². The third-order valence-electron chi connectivity index (χ3n) is 2.84. The zero-order valence-corrected chi connectivity index (χ0v) is 13.1. The fourth-order valence-corrected chi connectivity index (χ4v) is 1.64. The van der Waals surface area contributed by atoms with Crippen molar-refractivity contribution in [3.63, 3.8) is 0 Å². The van der Waals surface area contributed by atoms with Gasteiger partial charge < -0.3 is 10.1 Å². The molecule has 1 atom stereocenters. The van der Waals surface area contributed by atoms with Crippen LogP contribution in [0.2, 0.25) is 0 Å². The molecule has 1 radical (unpaired) electrons. The Hall–Kier alpha value is -0.596. The van der Waals surface area contributed by atoms with Gasteiger partial charge in [0, 0.05) is 38.4 Å². The van der Waals surface area contributed by atoms with Crippen molar-refractivity contribution in [2.75, 3.05) is 7.11 Å². The van der Waals surface area contributed by atoms with Crippen molar-refractivity contribution in [3.8, 4) is 5.75 Å². The molecule has 0 bridgehead atoms. The summed E-state index contributed by atoms with van der Waals surface area (Å²) >= 11 is 0. The summed E-state index contributed by atoms with van der Waals surface area (Å²) in [6, 6.07) is 7.95. The molecule has 0 aromatic heterocycles. The van der Waals surface area contributed by atoms with E-state index in [1.165, 1.54) is 0 Å². The van der Waals surface area contributed by atoms with Gasteiger partial charge in [0.15, 0.2) is 0 Å². The number of rotatable bonds is 2. The van der Waals surface area contributed by atoms with Gasteiger partial charge in [-0.25, -0.2) is 6.08 Å². The van der Waals surface area contributed by atoms with Gasteiger partial charge in [-0.2, -0.15) is 5.56 Å². The Kier molecular flexibility index (Phi) is 5.42. The Labute approximate surface area is 128 Å². The molecule has 0 fully saturated rings. The molecule has 2 nitrogen and oxygen atoms in total. The van der Waals surface area contributed by atoms with Gasteiger partial charge in [-0.1, -0.05) is 13.5 Å². The monoisotopic (exact) mass is 303 g/mol. The predicted molar refractivity (Wildman–Crippen MR) is 65.7 cm³/mol. The van der Waals surface area contributed by atoms with E-state index in [2.05, 4.69) is 24.9 Å². The molecule has 87 valence electrons. The van der Waals surface area contributed by atoms with Crippen LogP contribution in [-0.4, -0.2) is 7.11 Å². The molecule has 1 aliphatic heterocycles. The summed E-state index contributed by atoms with van der Waals surface area (Å²) in [6.45, 7) is 6.15. The van der Waals surface area contributed by atoms with Crippen LogP contribution in [0.25, 0.3) is 5.70 Å². The first-order chi connectivity index (χ1) is 7.70. The number of nitrogens with one attached hydrogen (secondary N) is 1. The standard InChI is InChI=1S/C14H16NO.Y/c1-10-4-9-14(15-11(10)2)12-5-7-13(16-3)8-6-12;/h5-8,10,15H,2,4H2,1,3H3;/q-1;. The molecule has 0 saturated heterocycles. The molecule has 0 saturated carbocycles. The molecule has 17 heavy (non-hydrogen) atoms. The normalized spacial score (nSPS) is 18.8. The van der Waals surface area contributed by atoms with E-state index in [0.29, 0.717) is 5.92 Å². The first-order valence-corrected chi connectivity index (χ1v) is 5.42. The summed E-state index contributed by atoms with van der Waals surface area (Å²) in [4.78, 5) is 0. The summed E-state index contributed by atoms with van der Waals surface area (Å²) in [6.07, 6.45) is 4.28. The molecule has 1 unspecified atom stereocenters. The summed E-state index contributed by atoms with van der Waals surface area (Å²) in [5.74, 6) is 1.33. The summed E-state index contributed by atoms with van der Waals surface area (Å²) in [5.41, 5.74) is 3.20. The van der Waals surface area contributed by atoms with E-state index in [9.17, 15) is 0 Å². The molecular formula is C14H16NOY-. The Bertz CT molecular complexity index is 422. The Balaban J connectivity index is 0.00000144. The van der Waals surface area contributed by atoms with Gasteiger partial charge in [-0.05, 0) is 18.1 Å². The maximum absolute atomic E-state index is 5.13. The van der Waals surface area contributed by atoms with Gasteiger partial charge in [-0.3, -0.25) is 0 Å². The second kappa shape index (κ2) is 6.37. The van der Waals surface area contributed by atoms with E-state index in [1.54, 1.807) is 7.11 Å². The van der Waals surface area contributed by atoms with Gasteiger partial charge in [0.05, 0.1) is 7.11 Å². The first-order valence-electron chi connectivity index (χ1n) is 5.42. The van der Waals surface area contributed by atoms with Gasteiger partial charge in [0.2, 0.25) is 0 Å². The molecule has 2 rings (SSSR count). The minimum atomic E-state index is 0. The van der Waals surface area contributed by atoms with Crippen molar-refractivity contribution < 1.29 is 37.4 Å². The van der Waals surface area contributed by atoms with Crippen molar-refractivity contribution in [3.05, 3.63) is 48.2 Å². The molecule has 1 heterocycles. The number of hydrogen-bond acceptors (Lipinski definition) is 2. The predicted octanol–water partition coefficient (Wildman–Crippen LogP) is 2.98. The van der Waals surface area contributed by atoms with Crippen LogP contribution in [0.4, 0.5) is 0 Å². The van der Waals surface area contributed by atoms with Crippen LogP contribution in [0, 0.1) is 12.0 Å². The topological polar surface area (TPSA) is 21.3 Å². The van der Waals surface area contributed by atoms with Gasteiger partial charge in [-0.15, -0.1) is 24.3 Å². The van der Waals surface area contributed by atoms with Crippen molar-refractivity contribution in [2.45, 2.75) is 13.3 Å². The van der Waals surface area contributed by atoms with Crippen LogP contribution in [0.1, 0.15) is 18.9 Å². The third kappa shape index (κ3) is 3.43. The smallest absolute Gasteiger partial charge is 0.115 e. The van der Waals surface area contributed by atoms with Crippen LogP contribution in [0.3, 0.4) is 0 Å². The molecule has 0 spiro atoms. The maximum Gasteiger partial charge on any atom is 0.115 e. The number of allylic oxidation sites excluding steroid dienone is 2. The van der Waals surface area contributed by atoms with Crippen LogP contribution in [0.15, 0.2) is 36.5 Å². The fraction of sp³-hybridized carbons (Fsp3) is 0.286. The molecule has 0 amide bonds. The summed E-state index contributed by atoms with van der Waals surface area (Å²) < 4.78 is 5.13. The SMILES string of the molecule is C=C1NC(c2ccc(OC)cc2)=[C-]CC1C.[Y]. The Morgan fingerprint density at radius 1 is 1.35 bits per heavy atom. The van der Waals surface area contributed by atoms with E-state index in [0.717, 1.165) is 29.1 Å². The second-order valence-corrected chi connectivity index (χ2v) is 4.04. The van der Waals surface area contributed by atoms with Crippen LogP contribution in [0.5, 0.6) is 5.75 Å². The molecule has 1 aromatic carbocycles. The van der Waals surface area contributed by atoms with Gasteiger partial charge in [0.25, 0.3) is 0 Å². The average molecular weight is 303 g/mol.